The molecule has 1 N–H and O–H groups in total. The average molecular weight is 342 g/mol. The second-order valence-corrected chi connectivity index (χ2v) is 6.94. The van der Waals surface area contributed by atoms with Gasteiger partial charge in [0, 0.05) is 16.6 Å². The normalized spacial score (nSPS) is 27.0. The molecule has 1 heterocycles. The predicted molar refractivity (Wildman–Crippen MR) is 84.1 cm³/mol. The minimum atomic E-state index is -0.898. The molecule has 1 amide bonds. The van der Waals surface area contributed by atoms with Gasteiger partial charge < -0.3 is 10.0 Å². The summed E-state index contributed by atoms with van der Waals surface area (Å²) in [5.41, 5.74) is 0.678. The van der Waals surface area contributed by atoms with Crippen molar-refractivity contribution in [3.63, 3.8) is 0 Å². The molecule has 3 unspecified atom stereocenters. The summed E-state index contributed by atoms with van der Waals surface area (Å²) in [5.74, 6) is -0.649. The number of benzene rings is 1. The van der Waals surface area contributed by atoms with Crippen molar-refractivity contribution in [1.29, 1.82) is 0 Å². The van der Waals surface area contributed by atoms with Gasteiger partial charge in [0.15, 0.2) is 0 Å². The zero-order valence-corrected chi connectivity index (χ0v) is 13.5. The van der Waals surface area contributed by atoms with Gasteiger partial charge in [-0.2, -0.15) is 0 Å². The minimum Gasteiger partial charge on any atom is -0.480 e. The highest BCUT2D eigenvalue weighted by molar-refractivity contribution is 6.35. The largest absolute Gasteiger partial charge is 0.480 e. The molecule has 1 aromatic carbocycles. The molecule has 1 saturated heterocycles. The summed E-state index contributed by atoms with van der Waals surface area (Å²) in [6.45, 7) is 0.547. The molecule has 0 spiro atoms. The minimum absolute atomic E-state index is 0.0992. The van der Waals surface area contributed by atoms with Crippen LogP contribution in [0.4, 0.5) is 0 Å². The van der Waals surface area contributed by atoms with Crippen LogP contribution in [-0.2, 0) is 16.0 Å². The number of nitrogens with zero attached hydrogens (tertiary/aromatic N) is 1. The molecule has 0 aromatic heterocycles. The molecule has 4 nitrogen and oxygen atoms in total. The molecule has 22 heavy (non-hydrogen) atoms. The molecule has 3 atom stereocenters. The molecule has 1 aliphatic heterocycles. The number of likely N-dealkylation sites (tertiary alicyclic amines) is 1. The molecule has 2 aliphatic rings. The first-order chi connectivity index (χ1) is 10.5. The highest BCUT2D eigenvalue weighted by Crippen LogP contribution is 2.42. The Balaban J connectivity index is 1.78. The standard InChI is InChI=1S/C16H17Cl2NO3/c17-11-5-4-9(13(18)7-11)6-14(20)19-8-10-2-1-3-12(10)15(19)16(21)22/h4-5,7,10,12,15H,1-3,6,8H2,(H,21,22). The summed E-state index contributed by atoms with van der Waals surface area (Å²) in [5, 5.41) is 10.5. The predicted octanol–water partition coefficient (Wildman–Crippen LogP) is 3.25. The van der Waals surface area contributed by atoms with E-state index in [-0.39, 0.29) is 18.2 Å². The lowest BCUT2D eigenvalue weighted by Gasteiger charge is -2.24. The smallest absolute Gasteiger partial charge is 0.326 e. The van der Waals surface area contributed by atoms with Crippen LogP contribution in [0.15, 0.2) is 18.2 Å². The van der Waals surface area contributed by atoms with Crippen LogP contribution in [0.25, 0.3) is 0 Å². The zero-order valence-electron chi connectivity index (χ0n) is 12.0. The van der Waals surface area contributed by atoms with Crippen molar-refractivity contribution in [2.45, 2.75) is 31.7 Å². The number of halogens is 2. The topological polar surface area (TPSA) is 57.6 Å². The van der Waals surface area contributed by atoms with Crippen molar-refractivity contribution in [1.82, 2.24) is 4.90 Å². The Hall–Kier alpha value is -1.26. The maximum absolute atomic E-state index is 12.6. The van der Waals surface area contributed by atoms with Gasteiger partial charge >= 0.3 is 5.97 Å². The number of carbonyl (C=O) groups excluding carboxylic acids is 1. The van der Waals surface area contributed by atoms with Crippen molar-refractivity contribution in [3.8, 4) is 0 Å². The molecule has 1 saturated carbocycles. The molecule has 1 aromatic rings. The molecular weight excluding hydrogens is 325 g/mol. The Bertz CT molecular complexity index is 619. The Morgan fingerprint density at radius 2 is 2.05 bits per heavy atom. The summed E-state index contributed by atoms with van der Waals surface area (Å²) in [6.07, 6.45) is 3.08. The van der Waals surface area contributed by atoms with Crippen molar-refractivity contribution >= 4 is 35.1 Å². The monoisotopic (exact) mass is 341 g/mol. The quantitative estimate of drug-likeness (QED) is 0.917. The van der Waals surface area contributed by atoms with Gasteiger partial charge in [-0.05, 0) is 42.4 Å². The number of amides is 1. The fourth-order valence-electron chi connectivity index (χ4n) is 3.81. The van der Waals surface area contributed by atoms with Crippen molar-refractivity contribution in [2.24, 2.45) is 11.8 Å². The SMILES string of the molecule is O=C(O)C1C2CCCC2CN1C(=O)Cc1ccc(Cl)cc1Cl. The van der Waals surface area contributed by atoms with Gasteiger partial charge in [0.05, 0.1) is 6.42 Å². The van der Waals surface area contributed by atoms with E-state index in [0.29, 0.717) is 28.1 Å². The summed E-state index contributed by atoms with van der Waals surface area (Å²) in [4.78, 5) is 25.7. The fourth-order valence-corrected chi connectivity index (χ4v) is 4.28. The number of rotatable bonds is 3. The van der Waals surface area contributed by atoms with Crippen molar-refractivity contribution < 1.29 is 14.7 Å². The van der Waals surface area contributed by atoms with Crippen LogP contribution >= 0.6 is 23.2 Å². The third-order valence-electron chi connectivity index (χ3n) is 4.82. The molecule has 0 bridgehead atoms. The van der Waals surface area contributed by atoms with E-state index in [9.17, 15) is 14.7 Å². The first-order valence-corrected chi connectivity index (χ1v) is 8.19. The van der Waals surface area contributed by atoms with Gasteiger partial charge in [-0.15, -0.1) is 0 Å². The van der Waals surface area contributed by atoms with E-state index in [1.165, 1.54) is 4.90 Å². The Labute approximate surface area is 139 Å². The van der Waals surface area contributed by atoms with Crippen LogP contribution in [0.5, 0.6) is 0 Å². The maximum atomic E-state index is 12.6. The van der Waals surface area contributed by atoms with Crippen LogP contribution in [0, 0.1) is 11.8 Å². The molecule has 0 radical (unpaired) electrons. The van der Waals surface area contributed by atoms with Gasteiger partial charge in [0.25, 0.3) is 0 Å². The number of fused-ring (bicyclic) bond motifs is 1. The van der Waals surface area contributed by atoms with Crippen LogP contribution in [-0.4, -0.2) is 34.5 Å². The Kier molecular flexibility index (Phi) is 4.33. The maximum Gasteiger partial charge on any atom is 0.326 e. The Morgan fingerprint density at radius 1 is 1.27 bits per heavy atom. The van der Waals surface area contributed by atoms with Gasteiger partial charge in [-0.3, -0.25) is 4.79 Å². The van der Waals surface area contributed by atoms with Gasteiger partial charge in [-0.25, -0.2) is 4.79 Å². The van der Waals surface area contributed by atoms with E-state index in [1.54, 1.807) is 18.2 Å². The van der Waals surface area contributed by atoms with E-state index < -0.39 is 12.0 Å². The summed E-state index contributed by atoms with van der Waals surface area (Å²) < 4.78 is 0. The first-order valence-electron chi connectivity index (χ1n) is 7.43. The van der Waals surface area contributed by atoms with Gasteiger partial charge in [-0.1, -0.05) is 35.7 Å². The van der Waals surface area contributed by atoms with Crippen LogP contribution < -0.4 is 0 Å². The molecule has 1 aliphatic carbocycles. The van der Waals surface area contributed by atoms with Crippen LogP contribution in [0.3, 0.4) is 0 Å². The summed E-state index contributed by atoms with van der Waals surface area (Å²) in [6, 6.07) is 4.31. The summed E-state index contributed by atoms with van der Waals surface area (Å²) in [7, 11) is 0. The van der Waals surface area contributed by atoms with Gasteiger partial charge in [0.1, 0.15) is 6.04 Å². The highest BCUT2D eigenvalue weighted by Gasteiger charge is 2.49. The second-order valence-electron chi connectivity index (χ2n) is 6.10. The first kappa shape index (κ1) is 15.6. The second kappa shape index (κ2) is 6.09. The number of carboxylic acids is 1. The molecule has 118 valence electrons. The molecule has 3 rings (SSSR count). The molecule has 6 heteroatoms. The number of carboxylic acid groups (broad SMARTS) is 1. The molecular formula is C16H17Cl2NO3. The van der Waals surface area contributed by atoms with E-state index in [1.807, 2.05) is 0 Å². The third-order valence-corrected chi connectivity index (χ3v) is 5.41. The number of aliphatic carboxylic acids is 1. The van der Waals surface area contributed by atoms with Crippen LogP contribution in [0.1, 0.15) is 24.8 Å². The highest BCUT2D eigenvalue weighted by atomic mass is 35.5. The number of hydrogen-bond donors (Lipinski definition) is 1. The van der Waals surface area contributed by atoms with E-state index in [2.05, 4.69) is 0 Å². The van der Waals surface area contributed by atoms with Crippen molar-refractivity contribution in [3.05, 3.63) is 33.8 Å². The van der Waals surface area contributed by atoms with Crippen LogP contribution in [0.2, 0.25) is 10.0 Å². The summed E-state index contributed by atoms with van der Waals surface area (Å²) >= 11 is 12.0. The number of carbonyl (C=O) groups is 2. The lowest BCUT2D eigenvalue weighted by atomic mass is 9.94. The van der Waals surface area contributed by atoms with E-state index in [0.717, 1.165) is 19.3 Å². The third kappa shape index (κ3) is 2.82. The zero-order chi connectivity index (χ0) is 15.9. The van der Waals surface area contributed by atoms with E-state index in [4.69, 9.17) is 23.2 Å². The lowest BCUT2D eigenvalue weighted by Crippen LogP contribution is -2.44. The van der Waals surface area contributed by atoms with Gasteiger partial charge in [0.2, 0.25) is 5.91 Å². The average Bonchev–Trinajstić information content (AvgIpc) is 3.01. The Morgan fingerprint density at radius 3 is 2.73 bits per heavy atom. The van der Waals surface area contributed by atoms with E-state index >= 15 is 0 Å². The number of hydrogen-bond acceptors (Lipinski definition) is 2. The molecule has 2 fully saturated rings. The van der Waals surface area contributed by atoms with Crippen molar-refractivity contribution in [2.75, 3.05) is 6.54 Å². The lowest BCUT2D eigenvalue weighted by molar-refractivity contribution is -0.149. The fraction of sp³-hybridized carbons (Fsp3) is 0.500.